The molecule has 150 valence electrons. The number of aromatic nitrogens is 1. The first-order chi connectivity index (χ1) is 14.3. The van der Waals surface area contributed by atoms with Crippen LogP contribution >= 0.6 is 0 Å². The van der Waals surface area contributed by atoms with Crippen molar-refractivity contribution in [3.8, 4) is 0 Å². The Bertz CT molecular complexity index is 854. The van der Waals surface area contributed by atoms with E-state index in [9.17, 15) is 0 Å². The zero-order chi connectivity index (χ0) is 19.9. The van der Waals surface area contributed by atoms with Gasteiger partial charge in [-0.05, 0) is 30.0 Å². The fourth-order valence-corrected chi connectivity index (χ4v) is 3.72. The highest BCUT2D eigenvalue weighted by atomic mass is 16.5. The molecule has 0 bridgehead atoms. The topological polar surface area (TPSA) is 63.4 Å². The second-order valence-corrected chi connectivity index (χ2v) is 7.45. The number of nitrogens with two attached hydrogens (primary N) is 1. The number of hydrogen-bond acceptors (Lipinski definition) is 5. The molecule has 0 radical (unpaired) electrons. The standard InChI is InChI=1S/C24H28N4O/c25-23-22(27-21-12-15-29-16-13-21)11-14-26-24(23)28(17-19-7-3-1-4-8-19)18-20-9-5-2-6-10-20/h1-11,14,21H,12-13,15-18,25H2,(H,26,27). The van der Waals surface area contributed by atoms with E-state index in [1.54, 1.807) is 0 Å². The summed E-state index contributed by atoms with van der Waals surface area (Å²) in [5.74, 6) is 0.815. The smallest absolute Gasteiger partial charge is 0.154 e. The van der Waals surface area contributed by atoms with Crippen molar-refractivity contribution in [2.45, 2.75) is 32.0 Å². The zero-order valence-corrected chi connectivity index (χ0v) is 16.6. The quantitative estimate of drug-likeness (QED) is 0.626. The van der Waals surface area contributed by atoms with E-state index in [1.165, 1.54) is 11.1 Å². The molecular formula is C24H28N4O. The molecule has 3 N–H and O–H groups in total. The van der Waals surface area contributed by atoms with Gasteiger partial charge < -0.3 is 20.7 Å². The van der Waals surface area contributed by atoms with Gasteiger partial charge in [0.2, 0.25) is 0 Å². The number of benzene rings is 2. The summed E-state index contributed by atoms with van der Waals surface area (Å²) in [4.78, 5) is 6.91. The van der Waals surface area contributed by atoms with Crippen molar-refractivity contribution in [3.63, 3.8) is 0 Å². The van der Waals surface area contributed by atoms with Gasteiger partial charge in [-0.1, -0.05) is 60.7 Å². The largest absolute Gasteiger partial charge is 0.394 e. The number of rotatable bonds is 7. The fourth-order valence-electron chi connectivity index (χ4n) is 3.72. The predicted molar refractivity (Wildman–Crippen MR) is 119 cm³/mol. The molecule has 3 aromatic rings. The SMILES string of the molecule is Nc1c(NC2CCOCC2)ccnc1N(Cc1ccccc1)Cc1ccccc1. The first kappa shape index (κ1) is 19.3. The Kier molecular flexibility index (Phi) is 6.27. The Hall–Kier alpha value is -3.05. The first-order valence-corrected chi connectivity index (χ1v) is 10.2. The summed E-state index contributed by atoms with van der Waals surface area (Å²) in [6, 6.07) is 23.2. The van der Waals surface area contributed by atoms with E-state index in [0.29, 0.717) is 11.7 Å². The molecule has 2 aromatic carbocycles. The molecule has 1 saturated heterocycles. The molecular weight excluding hydrogens is 360 g/mol. The van der Waals surface area contributed by atoms with E-state index in [2.05, 4.69) is 63.7 Å². The van der Waals surface area contributed by atoms with Gasteiger partial charge in [-0.2, -0.15) is 0 Å². The number of ether oxygens (including phenoxy) is 1. The molecule has 0 spiro atoms. The Morgan fingerprint density at radius 1 is 0.897 bits per heavy atom. The third-order valence-electron chi connectivity index (χ3n) is 5.28. The van der Waals surface area contributed by atoms with E-state index in [4.69, 9.17) is 10.5 Å². The van der Waals surface area contributed by atoms with Crippen LogP contribution in [-0.2, 0) is 17.8 Å². The maximum absolute atomic E-state index is 6.61. The van der Waals surface area contributed by atoms with Crippen LogP contribution in [0.5, 0.6) is 0 Å². The van der Waals surface area contributed by atoms with Crippen molar-refractivity contribution in [1.82, 2.24) is 4.98 Å². The van der Waals surface area contributed by atoms with Gasteiger partial charge in [-0.15, -0.1) is 0 Å². The molecule has 4 rings (SSSR count). The maximum Gasteiger partial charge on any atom is 0.154 e. The zero-order valence-electron chi connectivity index (χ0n) is 16.6. The van der Waals surface area contributed by atoms with Crippen molar-refractivity contribution in [2.75, 3.05) is 29.2 Å². The minimum absolute atomic E-state index is 0.387. The van der Waals surface area contributed by atoms with E-state index in [1.807, 2.05) is 24.4 Å². The number of nitrogen functional groups attached to an aromatic ring is 1. The fraction of sp³-hybridized carbons (Fsp3) is 0.292. The number of pyridine rings is 1. The molecule has 5 heteroatoms. The number of nitrogens with zero attached hydrogens (tertiary/aromatic N) is 2. The molecule has 0 amide bonds. The minimum atomic E-state index is 0.387. The summed E-state index contributed by atoms with van der Waals surface area (Å²) >= 11 is 0. The van der Waals surface area contributed by atoms with Crippen molar-refractivity contribution in [2.24, 2.45) is 0 Å². The van der Waals surface area contributed by atoms with Crippen LogP contribution in [0.2, 0.25) is 0 Å². The van der Waals surface area contributed by atoms with Crippen LogP contribution in [0.15, 0.2) is 72.9 Å². The Morgan fingerprint density at radius 2 is 1.48 bits per heavy atom. The molecule has 1 aromatic heterocycles. The lowest BCUT2D eigenvalue weighted by molar-refractivity contribution is 0.0904. The summed E-state index contributed by atoms with van der Waals surface area (Å²) < 4.78 is 5.47. The van der Waals surface area contributed by atoms with Gasteiger partial charge in [0.05, 0.1) is 11.4 Å². The predicted octanol–water partition coefficient (Wildman–Crippen LogP) is 4.46. The van der Waals surface area contributed by atoms with Gasteiger partial charge in [-0.3, -0.25) is 0 Å². The van der Waals surface area contributed by atoms with E-state index >= 15 is 0 Å². The summed E-state index contributed by atoms with van der Waals surface area (Å²) in [6.45, 7) is 3.08. The van der Waals surface area contributed by atoms with Crippen molar-refractivity contribution < 1.29 is 4.74 Å². The van der Waals surface area contributed by atoms with Gasteiger partial charge >= 0.3 is 0 Å². The number of anilines is 3. The van der Waals surface area contributed by atoms with Gasteiger partial charge in [0.25, 0.3) is 0 Å². The van der Waals surface area contributed by atoms with Crippen molar-refractivity contribution in [3.05, 3.63) is 84.1 Å². The van der Waals surface area contributed by atoms with Gasteiger partial charge in [-0.25, -0.2) is 4.98 Å². The van der Waals surface area contributed by atoms with E-state index < -0.39 is 0 Å². The molecule has 1 fully saturated rings. The van der Waals surface area contributed by atoms with Crippen LogP contribution in [0.1, 0.15) is 24.0 Å². The highest BCUT2D eigenvalue weighted by Crippen LogP contribution is 2.31. The summed E-state index contributed by atoms with van der Waals surface area (Å²) in [7, 11) is 0. The molecule has 0 atom stereocenters. The monoisotopic (exact) mass is 388 g/mol. The first-order valence-electron chi connectivity index (χ1n) is 10.2. The average Bonchev–Trinajstić information content (AvgIpc) is 2.77. The lowest BCUT2D eigenvalue weighted by Gasteiger charge is -2.28. The highest BCUT2D eigenvalue weighted by Gasteiger charge is 2.19. The molecule has 1 aliphatic heterocycles. The van der Waals surface area contributed by atoms with Gasteiger partial charge in [0.1, 0.15) is 0 Å². The van der Waals surface area contributed by atoms with Crippen LogP contribution in [0, 0.1) is 0 Å². The van der Waals surface area contributed by atoms with Crippen LogP contribution in [0.4, 0.5) is 17.2 Å². The van der Waals surface area contributed by atoms with Crippen LogP contribution in [0.3, 0.4) is 0 Å². The van der Waals surface area contributed by atoms with Crippen LogP contribution in [-0.4, -0.2) is 24.2 Å². The highest BCUT2D eigenvalue weighted by molar-refractivity contribution is 5.78. The molecule has 1 aliphatic rings. The molecule has 5 nitrogen and oxygen atoms in total. The molecule has 0 saturated carbocycles. The molecule has 0 unspecified atom stereocenters. The molecule has 29 heavy (non-hydrogen) atoms. The molecule has 2 heterocycles. The summed E-state index contributed by atoms with van der Waals surface area (Å²) in [6.07, 6.45) is 3.83. The Balaban J connectivity index is 1.61. The van der Waals surface area contributed by atoms with E-state index in [0.717, 1.165) is 50.7 Å². The minimum Gasteiger partial charge on any atom is -0.394 e. The van der Waals surface area contributed by atoms with Crippen molar-refractivity contribution in [1.29, 1.82) is 0 Å². The Morgan fingerprint density at radius 3 is 2.07 bits per heavy atom. The van der Waals surface area contributed by atoms with E-state index in [-0.39, 0.29) is 0 Å². The number of hydrogen-bond donors (Lipinski definition) is 2. The normalized spacial score (nSPS) is 14.5. The average molecular weight is 389 g/mol. The maximum atomic E-state index is 6.61. The summed E-state index contributed by atoms with van der Waals surface area (Å²) in [5.41, 5.74) is 10.7. The third kappa shape index (κ3) is 5.06. The van der Waals surface area contributed by atoms with Crippen LogP contribution < -0.4 is 16.0 Å². The lowest BCUT2D eigenvalue weighted by Crippen LogP contribution is -2.29. The Labute approximate surface area is 172 Å². The molecule has 0 aliphatic carbocycles. The second kappa shape index (κ2) is 9.43. The van der Waals surface area contributed by atoms with Crippen LogP contribution in [0.25, 0.3) is 0 Å². The van der Waals surface area contributed by atoms with Gasteiger partial charge in [0, 0.05) is 38.5 Å². The van der Waals surface area contributed by atoms with Gasteiger partial charge in [0.15, 0.2) is 5.82 Å². The lowest BCUT2D eigenvalue weighted by atomic mass is 10.1. The second-order valence-electron chi connectivity index (χ2n) is 7.45. The number of nitrogens with one attached hydrogen (secondary N) is 1. The van der Waals surface area contributed by atoms with Crippen molar-refractivity contribution >= 4 is 17.2 Å². The third-order valence-corrected chi connectivity index (χ3v) is 5.28. The summed E-state index contributed by atoms with van der Waals surface area (Å²) in [5, 5.41) is 3.60.